The molecule has 0 aliphatic heterocycles. The van der Waals surface area contributed by atoms with E-state index in [1.54, 1.807) is 0 Å². The summed E-state index contributed by atoms with van der Waals surface area (Å²) in [4.78, 5) is 16.0. The molecule has 0 bridgehead atoms. The summed E-state index contributed by atoms with van der Waals surface area (Å²) < 4.78 is 11.0. The molecule has 0 saturated carbocycles. The number of carbonyl (C=O) groups is 1. The Hall–Kier alpha value is -2.39. The molecule has 124 valence electrons. The fourth-order valence-electron chi connectivity index (χ4n) is 1.71. The van der Waals surface area contributed by atoms with Crippen molar-refractivity contribution in [3.8, 4) is 5.75 Å². The zero-order valence-electron chi connectivity index (χ0n) is 12.8. The molecule has 0 aliphatic rings. The number of thiazole rings is 1. The van der Waals surface area contributed by atoms with Crippen molar-refractivity contribution in [2.75, 3.05) is 11.1 Å². The second kappa shape index (κ2) is 7.93. The topological polar surface area (TPSA) is 90.1 Å². The van der Waals surface area contributed by atoms with Gasteiger partial charge in [0.15, 0.2) is 11.7 Å². The molecule has 1 amide bonds. The first-order chi connectivity index (χ1) is 11.7. The van der Waals surface area contributed by atoms with Crippen LogP contribution in [0.2, 0.25) is 0 Å². The molecule has 0 radical (unpaired) electrons. The number of aryl methyl sites for hydroxylation is 1. The average molecular weight is 362 g/mol. The monoisotopic (exact) mass is 362 g/mol. The molecule has 2 heterocycles. The quantitative estimate of drug-likeness (QED) is 0.646. The number of para-hydroxylation sites is 1. The van der Waals surface area contributed by atoms with Gasteiger partial charge in [0.2, 0.25) is 5.91 Å². The number of rotatable bonds is 7. The Morgan fingerprint density at radius 2 is 2.17 bits per heavy atom. The van der Waals surface area contributed by atoms with Crippen LogP contribution in [0.5, 0.6) is 5.75 Å². The van der Waals surface area contributed by atoms with Crippen LogP contribution in [0.1, 0.15) is 11.6 Å². The summed E-state index contributed by atoms with van der Waals surface area (Å²) >= 11 is 2.55. The van der Waals surface area contributed by atoms with Crippen molar-refractivity contribution in [3.05, 3.63) is 47.3 Å². The number of nitrogens with zero attached hydrogens (tertiary/aromatic N) is 3. The molecule has 0 spiro atoms. The molecule has 1 N–H and O–H groups in total. The van der Waals surface area contributed by atoms with Gasteiger partial charge in [0, 0.05) is 5.38 Å². The Bertz CT molecular complexity index is 804. The molecule has 0 fully saturated rings. The summed E-state index contributed by atoms with van der Waals surface area (Å²) in [6, 6.07) is 9.36. The molecule has 0 atom stereocenters. The maximum absolute atomic E-state index is 11.8. The van der Waals surface area contributed by atoms with Gasteiger partial charge in [-0.3, -0.25) is 4.79 Å². The minimum atomic E-state index is -0.172. The normalized spacial score (nSPS) is 10.5. The lowest BCUT2D eigenvalue weighted by atomic mass is 10.3. The first-order valence-corrected chi connectivity index (χ1v) is 8.90. The highest BCUT2D eigenvalue weighted by Crippen LogP contribution is 2.19. The van der Waals surface area contributed by atoms with Crippen LogP contribution < -0.4 is 10.1 Å². The molecular weight excluding hydrogens is 348 g/mol. The van der Waals surface area contributed by atoms with Crippen molar-refractivity contribution in [1.29, 1.82) is 0 Å². The maximum Gasteiger partial charge on any atom is 0.277 e. The Morgan fingerprint density at radius 3 is 2.92 bits per heavy atom. The van der Waals surface area contributed by atoms with E-state index in [1.807, 2.05) is 42.6 Å². The molecule has 24 heavy (non-hydrogen) atoms. The van der Waals surface area contributed by atoms with Crippen molar-refractivity contribution in [2.24, 2.45) is 0 Å². The van der Waals surface area contributed by atoms with Gasteiger partial charge in [-0.2, -0.15) is 0 Å². The zero-order chi connectivity index (χ0) is 16.8. The van der Waals surface area contributed by atoms with E-state index in [9.17, 15) is 4.79 Å². The van der Waals surface area contributed by atoms with E-state index >= 15 is 0 Å². The van der Waals surface area contributed by atoms with Crippen LogP contribution >= 0.6 is 23.1 Å². The number of aromatic nitrogens is 3. The van der Waals surface area contributed by atoms with Gasteiger partial charge in [0.1, 0.15) is 5.75 Å². The van der Waals surface area contributed by atoms with Crippen molar-refractivity contribution in [2.45, 2.75) is 18.8 Å². The largest absolute Gasteiger partial charge is 0.484 e. The van der Waals surface area contributed by atoms with Crippen LogP contribution in [0.4, 0.5) is 5.13 Å². The Kier molecular flexibility index (Phi) is 5.44. The number of hydrogen-bond donors (Lipinski definition) is 1. The van der Waals surface area contributed by atoms with E-state index in [0.29, 0.717) is 16.2 Å². The van der Waals surface area contributed by atoms with Crippen molar-refractivity contribution in [1.82, 2.24) is 15.2 Å². The van der Waals surface area contributed by atoms with Crippen LogP contribution in [0.3, 0.4) is 0 Å². The predicted octanol–water partition coefficient (Wildman–Crippen LogP) is 3.14. The van der Waals surface area contributed by atoms with Crippen molar-refractivity contribution in [3.63, 3.8) is 0 Å². The Balaban J connectivity index is 1.44. The summed E-state index contributed by atoms with van der Waals surface area (Å²) in [6.45, 7) is 2.06. The molecule has 3 rings (SSSR count). The molecule has 3 aromatic rings. The van der Waals surface area contributed by atoms with Gasteiger partial charge in [0.25, 0.3) is 11.1 Å². The van der Waals surface area contributed by atoms with E-state index in [0.717, 1.165) is 11.4 Å². The summed E-state index contributed by atoms with van der Waals surface area (Å²) in [5, 5.41) is 13.3. The van der Waals surface area contributed by atoms with Crippen LogP contribution in [0.15, 0.2) is 45.4 Å². The Morgan fingerprint density at radius 1 is 1.33 bits per heavy atom. The SMILES string of the molecule is Cc1csc(NC(=O)CSc2nnc(COc3ccccc3)o2)n1. The smallest absolute Gasteiger partial charge is 0.277 e. The number of hydrogen-bond acceptors (Lipinski definition) is 8. The van der Waals surface area contributed by atoms with Gasteiger partial charge in [0.05, 0.1) is 11.4 Å². The van der Waals surface area contributed by atoms with Gasteiger partial charge in [-0.1, -0.05) is 30.0 Å². The predicted molar refractivity (Wildman–Crippen MR) is 91.3 cm³/mol. The number of nitrogens with one attached hydrogen (secondary N) is 1. The number of carbonyl (C=O) groups excluding carboxylic acids is 1. The molecular formula is C15H14N4O3S2. The highest BCUT2D eigenvalue weighted by atomic mass is 32.2. The minimum Gasteiger partial charge on any atom is -0.484 e. The molecule has 0 saturated heterocycles. The maximum atomic E-state index is 11.8. The van der Waals surface area contributed by atoms with Gasteiger partial charge < -0.3 is 14.5 Å². The second-order valence-corrected chi connectivity index (χ2v) is 6.48. The molecule has 7 nitrogen and oxygen atoms in total. The first kappa shape index (κ1) is 16.5. The molecule has 9 heteroatoms. The number of amides is 1. The fraction of sp³-hybridized carbons (Fsp3) is 0.200. The highest BCUT2D eigenvalue weighted by Gasteiger charge is 2.11. The third-order valence-electron chi connectivity index (χ3n) is 2.75. The van der Waals surface area contributed by atoms with E-state index in [2.05, 4.69) is 20.5 Å². The minimum absolute atomic E-state index is 0.166. The van der Waals surface area contributed by atoms with Gasteiger partial charge in [-0.15, -0.1) is 21.5 Å². The van der Waals surface area contributed by atoms with Gasteiger partial charge in [-0.05, 0) is 19.1 Å². The summed E-state index contributed by atoms with van der Waals surface area (Å²) in [6.07, 6.45) is 0. The van der Waals surface area contributed by atoms with E-state index < -0.39 is 0 Å². The fourth-order valence-corrected chi connectivity index (χ4v) is 3.00. The third kappa shape index (κ3) is 4.80. The second-order valence-electron chi connectivity index (χ2n) is 4.69. The Labute approximate surface area is 146 Å². The molecule has 1 aromatic carbocycles. The van der Waals surface area contributed by atoms with Crippen molar-refractivity contribution >= 4 is 34.1 Å². The molecule has 0 aliphatic carbocycles. The van der Waals surface area contributed by atoms with E-state index in [4.69, 9.17) is 9.15 Å². The van der Waals surface area contributed by atoms with Gasteiger partial charge >= 0.3 is 0 Å². The van der Waals surface area contributed by atoms with Crippen LogP contribution in [-0.4, -0.2) is 26.8 Å². The third-order valence-corrected chi connectivity index (χ3v) is 4.44. The highest BCUT2D eigenvalue weighted by molar-refractivity contribution is 7.99. The average Bonchev–Trinajstić information content (AvgIpc) is 3.21. The molecule has 0 unspecified atom stereocenters. The van der Waals surface area contributed by atoms with E-state index in [1.165, 1.54) is 23.1 Å². The lowest BCUT2D eigenvalue weighted by molar-refractivity contribution is -0.113. The first-order valence-electron chi connectivity index (χ1n) is 7.04. The lowest BCUT2D eigenvalue weighted by Crippen LogP contribution is -2.13. The standard InChI is InChI=1S/C15H14N4O3S2/c1-10-8-23-14(16-10)17-12(20)9-24-15-19-18-13(22-15)7-21-11-5-3-2-4-6-11/h2-6,8H,7,9H2,1H3,(H,16,17,20). The van der Waals surface area contributed by atoms with Crippen molar-refractivity contribution < 1.29 is 13.9 Å². The van der Waals surface area contributed by atoms with Gasteiger partial charge in [-0.25, -0.2) is 4.98 Å². The lowest BCUT2D eigenvalue weighted by Gasteiger charge is -2.01. The van der Waals surface area contributed by atoms with Crippen LogP contribution in [0, 0.1) is 6.92 Å². The number of thioether (sulfide) groups is 1. The summed E-state index contributed by atoms with van der Waals surface area (Å²) in [5.74, 6) is 1.08. The van der Waals surface area contributed by atoms with E-state index in [-0.39, 0.29) is 18.3 Å². The number of ether oxygens (including phenoxy) is 1. The van der Waals surface area contributed by atoms with Crippen LogP contribution in [0.25, 0.3) is 0 Å². The summed E-state index contributed by atoms with van der Waals surface area (Å²) in [7, 11) is 0. The molecule has 2 aromatic heterocycles. The number of benzene rings is 1. The van der Waals surface area contributed by atoms with Crippen LogP contribution in [-0.2, 0) is 11.4 Å². The summed E-state index contributed by atoms with van der Waals surface area (Å²) in [5.41, 5.74) is 0.878. The zero-order valence-corrected chi connectivity index (χ0v) is 14.4. The number of anilines is 1.